The van der Waals surface area contributed by atoms with Crippen LogP contribution in [0.5, 0.6) is 0 Å². The fourth-order valence-electron chi connectivity index (χ4n) is 3.09. The van der Waals surface area contributed by atoms with E-state index in [-0.39, 0.29) is 17.6 Å². The summed E-state index contributed by atoms with van der Waals surface area (Å²) < 4.78 is 6.81. The smallest absolute Gasteiger partial charge is 0.278 e. The first-order valence-corrected chi connectivity index (χ1v) is 11.0. The van der Waals surface area contributed by atoms with E-state index in [1.165, 1.54) is 11.8 Å². The summed E-state index contributed by atoms with van der Waals surface area (Å²) in [6.45, 7) is 3.38. The number of carbonyl (C=O) groups is 2. The number of amides is 2. The van der Waals surface area contributed by atoms with Crippen molar-refractivity contribution >= 4 is 34.8 Å². The molecule has 2 aromatic rings. The van der Waals surface area contributed by atoms with Gasteiger partial charge in [0, 0.05) is 45.6 Å². The van der Waals surface area contributed by atoms with Crippen molar-refractivity contribution in [2.45, 2.75) is 19.9 Å². The Balaban J connectivity index is 1.67. The minimum Gasteiger partial charge on any atom is -0.385 e. The molecule has 0 saturated carbocycles. The fraction of sp³-hybridized carbons (Fsp3) is 0.364. The van der Waals surface area contributed by atoms with Crippen molar-refractivity contribution in [1.82, 2.24) is 20.0 Å². The van der Waals surface area contributed by atoms with E-state index in [9.17, 15) is 9.59 Å². The van der Waals surface area contributed by atoms with E-state index >= 15 is 0 Å². The molecule has 1 aromatic heterocycles. The summed E-state index contributed by atoms with van der Waals surface area (Å²) in [6.07, 6.45) is 4.28. The Hall–Kier alpha value is -2.91. The number of methoxy groups -OCH3 is 1. The molecule has 31 heavy (non-hydrogen) atoms. The number of carbonyl (C=O) groups excluding carboxylic acids is 2. The fourth-order valence-corrected chi connectivity index (χ4v) is 3.94. The lowest BCUT2D eigenvalue weighted by atomic mass is 10.2. The summed E-state index contributed by atoms with van der Waals surface area (Å²) in [5, 5.41) is 7.74. The van der Waals surface area contributed by atoms with E-state index in [2.05, 4.69) is 15.4 Å². The maximum absolute atomic E-state index is 12.9. The van der Waals surface area contributed by atoms with Crippen LogP contribution in [0.4, 0.5) is 0 Å². The molecule has 2 heterocycles. The average molecular weight is 442 g/mol. The van der Waals surface area contributed by atoms with E-state index in [0.717, 1.165) is 16.8 Å². The lowest BCUT2D eigenvalue weighted by Crippen LogP contribution is -2.33. The van der Waals surface area contributed by atoms with E-state index in [4.69, 9.17) is 4.74 Å². The van der Waals surface area contributed by atoms with Crippen LogP contribution in [-0.4, -0.2) is 57.7 Å². The zero-order chi connectivity index (χ0) is 22.2. The van der Waals surface area contributed by atoms with Crippen molar-refractivity contribution in [1.29, 1.82) is 0 Å². The van der Waals surface area contributed by atoms with Crippen LogP contribution in [0.1, 0.15) is 23.2 Å². The van der Waals surface area contributed by atoms with Crippen LogP contribution in [0.25, 0.3) is 6.08 Å². The minimum absolute atomic E-state index is 0.110. The SMILES string of the molecule is COCCCN1C(=O)/C(=C/c2cn(C)nc2C)N=C1SCC(=O)NCc1ccccc1. The van der Waals surface area contributed by atoms with Crippen LogP contribution in [0.3, 0.4) is 0 Å². The molecule has 2 amide bonds. The van der Waals surface area contributed by atoms with Crippen LogP contribution in [0.15, 0.2) is 47.2 Å². The number of thioether (sulfide) groups is 1. The van der Waals surface area contributed by atoms with Crippen LogP contribution < -0.4 is 5.32 Å². The third-order valence-corrected chi connectivity index (χ3v) is 5.63. The molecule has 8 nitrogen and oxygen atoms in total. The number of benzene rings is 1. The van der Waals surface area contributed by atoms with E-state index in [1.54, 1.807) is 22.8 Å². The molecule has 0 aliphatic carbocycles. The Morgan fingerprint density at radius 2 is 2.06 bits per heavy atom. The molecule has 0 bridgehead atoms. The van der Waals surface area contributed by atoms with Crippen LogP contribution >= 0.6 is 11.8 Å². The molecule has 0 unspecified atom stereocenters. The molecule has 3 rings (SSSR count). The number of ether oxygens (including phenoxy) is 1. The lowest BCUT2D eigenvalue weighted by Gasteiger charge is -2.17. The first-order chi connectivity index (χ1) is 15.0. The Bertz CT molecular complexity index is 984. The second-order valence-electron chi connectivity index (χ2n) is 7.12. The molecule has 9 heteroatoms. The normalized spacial score (nSPS) is 14.9. The van der Waals surface area contributed by atoms with Crippen LogP contribution in [0.2, 0.25) is 0 Å². The number of nitrogens with one attached hydrogen (secondary N) is 1. The highest BCUT2D eigenvalue weighted by Gasteiger charge is 2.30. The minimum atomic E-state index is -0.174. The van der Waals surface area contributed by atoms with E-state index in [0.29, 0.717) is 37.0 Å². The highest BCUT2D eigenvalue weighted by molar-refractivity contribution is 8.14. The van der Waals surface area contributed by atoms with Gasteiger partial charge in [0.15, 0.2) is 5.17 Å². The number of hydrogen-bond acceptors (Lipinski definition) is 6. The summed E-state index contributed by atoms with van der Waals surface area (Å²) in [5.41, 5.74) is 3.05. The van der Waals surface area contributed by atoms with Gasteiger partial charge in [0.1, 0.15) is 5.70 Å². The summed E-state index contributed by atoms with van der Waals surface area (Å²) in [4.78, 5) is 31.4. The van der Waals surface area contributed by atoms with Gasteiger partial charge in [0.25, 0.3) is 5.91 Å². The van der Waals surface area contributed by atoms with Gasteiger partial charge >= 0.3 is 0 Å². The number of aromatic nitrogens is 2. The van der Waals surface area contributed by atoms with Gasteiger partial charge in [-0.05, 0) is 25.0 Å². The summed E-state index contributed by atoms with van der Waals surface area (Å²) in [6, 6.07) is 9.73. The predicted octanol–water partition coefficient (Wildman–Crippen LogP) is 2.35. The Morgan fingerprint density at radius 1 is 1.29 bits per heavy atom. The van der Waals surface area contributed by atoms with Gasteiger partial charge in [-0.1, -0.05) is 42.1 Å². The molecular formula is C22H27N5O3S. The Labute approximate surface area is 186 Å². The first-order valence-electron chi connectivity index (χ1n) is 10.0. The number of aryl methyl sites for hydroxylation is 2. The second kappa shape index (κ2) is 10.9. The number of aliphatic imine (C=N–C) groups is 1. The average Bonchev–Trinajstić information content (AvgIpc) is 3.24. The van der Waals surface area contributed by atoms with Crippen molar-refractivity contribution in [3.63, 3.8) is 0 Å². The summed E-state index contributed by atoms with van der Waals surface area (Å²) >= 11 is 1.26. The van der Waals surface area contributed by atoms with Gasteiger partial charge in [-0.2, -0.15) is 5.10 Å². The van der Waals surface area contributed by atoms with E-state index in [1.807, 2.05) is 50.5 Å². The van der Waals surface area contributed by atoms with Crippen LogP contribution in [-0.2, 0) is 27.9 Å². The highest BCUT2D eigenvalue weighted by atomic mass is 32.2. The lowest BCUT2D eigenvalue weighted by molar-refractivity contribution is -0.122. The molecule has 0 fully saturated rings. The molecule has 1 aromatic carbocycles. The molecule has 0 atom stereocenters. The first kappa shape index (κ1) is 22.8. The zero-order valence-corrected chi connectivity index (χ0v) is 18.8. The number of nitrogens with zero attached hydrogens (tertiary/aromatic N) is 4. The largest absolute Gasteiger partial charge is 0.385 e. The molecule has 0 radical (unpaired) electrons. The third kappa shape index (κ3) is 6.28. The van der Waals surface area contributed by atoms with E-state index < -0.39 is 0 Å². The Kier molecular flexibility index (Phi) is 8.02. The summed E-state index contributed by atoms with van der Waals surface area (Å²) in [5.74, 6) is -0.105. The topological polar surface area (TPSA) is 88.8 Å². The quantitative estimate of drug-likeness (QED) is 0.477. The number of amidine groups is 1. The van der Waals surface area contributed by atoms with Crippen LogP contribution in [0, 0.1) is 6.92 Å². The van der Waals surface area contributed by atoms with Gasteiger partial charge in [0.2, 0.25) is 5.91 Å². The number of rotatable bonds is 9. The van der Waals surface area contributed by atoms with Gasteiger partial charge in [-0.15, -0.1) is 0 Å². The molecular weight excluding hydrogens is 414 g/mol. The van der Waals surface area contributed by atoms with Gasteiger partial charge in [-0.25, -0.2) is 4.99 Å². The molecule has 1 N–H and O–H groups in total. The third-order valence-electron chi connectivity index (χ3n) is 4.65. The van der Waals surface area contributed by atoms with Crippen molar-refractivity contribution in [2.75, 3.05) is 26.0 Å². The zero-order valence-electron chi connectivity index (χ0n) is 18.0. The molecule has 1 aliphatic rings. The maximum atomic E-state index is 12.9. The standard InChI is InChI=1S/C22H27N5O3S/c1-16-18(14-26(2)25-16)12-19-21(29)27(10-7-11-30-3)22(24-19)31-15-20(28)23-13-17-8-5-4-6-9-17/h4-6,8-9,12,14H,7,10-11,13,15H2,1-3H3,(H,23,28)/b19-12-. The van der Waals surface area contributed by atoms with Crippen molar-refractivity contribution in [3.8, 4) is 0 Å². The van der Waals surface area contributed by atoms with Gasteiger partial charge in [-0.3, -0.25) is 19.2 Å². The van der Waals surface area contributed by atoms with Gasteiger partial charge < -0.3 is 10.1 Å². The van der Waals surface area contributed by atoms with Gasteiger partial charge in [0.05, 0.1) is 11.4 Å². The summed E-state index contributed by atoms with van der Waals surface area (Å²) in [7, 11) is 3.46. The monoisotopic (exact) mass is 441 g/mol. The molecule has 1 aliphatic heterocycles. The highest BCUT2D eigenvalue weighted by Crippen LogP contribution is 2.25. The van der Waals surface area contributed by atoms with Crippen molar-refractivity contribution in [3.05, 3.63) is 59.0 Å². The molecule has 0 spiro atoms. The van der Waals surface area contributed by atoms with Crippen molar-refractivity contribution < 1.29 is 14.3 Å². The number of hydrogen-bond donors (Lipinski definition) is 1. The van der Waals surface area contributed by atoms with Crippen molar-refractivity contribution in [2.24, 2.45) is 12.0 Å². The predicted molar refractivity (Wildman–Crippen MR) is 122 cm³/mol. The Morgan fingerprint density at radius 3 is 2.74 bits per heavy atom. The second-order valence-corrected chi connectivity index (χ2v) is 8.06. The molecule has 0 saturated heterocycles. The molecule has 164 valence electrons. The maximum Gasteiger partial charge on any atom is 0.278 e.